The lowest BCUT2D eigenvalue weighted by Crippen LogP contribution is -2.14. The van der Waals surface area contributed by atoms with Crippen LogP contribution in [0, 0.1) is 0 Å². The Labute approximate surface area is 175 Å². The Morgan fingerprint density at radius 1 is 0.724 bits per heavy atom. The van der Waals surface area contributed by atoms with Crippen molar-refractivity contribution in [3.05, 3.63) is 101 Å². The highest BCUT2D eigenvalue weighted by Gasteiger charge is 2.37. The quantitative estimate of drug-likeness (QED) is 0.274. The Balaban J connectivity index is 1.89. The summed E-state index contributed by atoms with van der Waals surface area (Å²) in [4.78, 5) is 0. The van der Waals surface area contributed by atoms with E-state index in [1.807, 2.05) is 6.07 Å². The average molecular weight is 394 g/mol. The molecule has 0 fully saturated rings. The second-order valence-electron chi connectivity index (χ2n) is 8.39. The zero-order chi connectivity index (χ0) is 19.8. The van der Waals surface area contributed by atoms with Gasteiger partial charge in [0.2, 0.25) is 0 Å². The molecule has 0 saturated heterocycles. The summed E-state index contributed by atoms with van der Waals surface area (Å²) in [6, 6.07) is 30.3. The minimum atomic E-state index is -0.0181. The molecule has 0 aliphatic heterocycles. The lowest BCUT2D eigenvalue weighted by Gasteiger charge is -2.21. The fraction of sp³-hybridized carbons (Fsp3) is 0.111. The molecule has 0 unspecified atom stereocenters. The molecular weight excluding hydrogens is 374 g/mol. The van der Waals surface area contributed by atoms with E-state index in [2.05, 4.69) is 97.3 Å². The van der Waals surface area contributed by atoms with Gasteiger partial charge in [0.15, 0.2) is 0 Å². The van der Waals surface area contributed by atoms with Crippen molar-refractivity contribution >= 4 is 33.4 Å². The van der Waals surface area contributed by atoms with Gasteiger partial charge >= 0.3 is 0 Å². The third-order valence-corrected chi connectivity index (χ3v) is 6.68. The largest absolute Gasteiger partial charge is 0.309 e. The Bertz CT molecular complexity index is 1420. The molecule has 1 nitrogen and oxygen atoms in total. The van der Waals surface area contributed by atoms with Crippen LogP contribution in [0.15, 0.2) is 84.9 Å². The van der Waals surface area contributed by atoms with E-state index in [1.165, 1.54) is 38.5 Å². The maximum Gasteiger partial charge on any atom is 0.0622 e. The fourth-order valence-electron chi connectivity index (χ4n) is 5.11. The molecule has 1 aliphatic carbocycles. The molecule has 29 heavy (non-hydrogen) atoms. The zero-order valence-electron chi connectivity index (χ0n) is 16.4. The minimum Gasteiger partial charge on any atom is -0.309 e. The second kappa shape index (κ2) is 5.75. The molecule has 140 valence electrons. The molecule has 0 atom stereocenters. The Morgan fingerprint density at radius 2 is 1.45 bits per heavy atom. The maximum absolute atomic E-state index is 6.44. The molecule has 0 saturated carbocycles. The molecule has 6 rings (SSSR count). The summed E-state index contributed by atoms with van der Waals surface area (Å²) in [5.41, 5.74) is 9.02. The van der Waals surface area contributed by atoms with Crippen molar-refractivity contribution in [3.63, 3.8) is 0 Å². The van der Waals surface area contributed by atoms with Crippen molar-refractivity contribution < 1.29 is 0 Å². The first-order valence-corrected chi connectivity index (χ1v) is 10.4. The van der Waals surface area contributed by atoms with E-state index >= 15 is 0 Å². The van der Waals surface area contributed by atoms with Crippen molar-refractivity contribution in [2.24, 2.45) is 0 Å². The molecule has 4 aromatic carbocycles. The summed E-state index contributed by atoms with van der Waals surface area (Å²) in [6.07, 6.45) is 0. The smallest absolute Gasteiger partial charge is 0.0622 e. The molecule has 1 aliphatic rings. The van der Waals surface area contributed by atoms with Crippen molar-refractivity contribution in [2.75, 3.05) is 0 Å². The predicted molar refractivity (Wildman–Crippen MR) is 123 cm³/mol. The maximum atomic E-state index is 6.44. The summed E-state index contributed by atoms with van der Waals surface area (Å²) >= 11 is 6.44. The number of benzene rings is 4. The van der Waals surface area contributed by atoms with Crippen LogP contribution in [0.4, 0.5) is 0 Å². The van der Waals surface area contributed by atoms with E-state index in [-0.39, 0.29) is 5.41 Å². The molecule has 0 spiro atoms. The van der Waals surface area contributed by atoms with Crippen molar-refractivity contribution in [1.29, 1.82) is 0 Å². The highest BCUT2D eigenvalue weighted by Crippen LogP contribution is 2.52. The SMILES string of the molecule is CC1(C)c2ccccc2-c2c1ccc1c3ccc(Cl)cc3n(-c3ccccc3)c21. The van der Waals surface area contributed by atoms with Gasteiger partial charge in [-0.05, 0) is 41.0 Å². The number of hydrogen-bond donors (Lipinski definition) is 0. The topological polar surface area (TPSA) is 4.93 Å². The summed E-state index contributed by atoms with van der Waals surface area (Å²) in [6.45, 7) is 4.66. The van der Waals surface area contributed by atoms with Crippen LogP contribution in [0.25, 0.3) is 38.6 Å². The third-order valence-electron chi connectivity index (χ3n) is 6.45. The van der Waals surface area contributed by atoms with Gasteiger partial charge in [-0.25, -0.2) is 0 Å². The van der Waals surface area contributed by atoms with Crippen LogP contribution >= 0.6 is 11.6 Å². The number of nitrogens with zero attached hydrogens (tertiary/aromatic N) is 1. The second-order valence-corrected chi connectivity index (χ2v) is 8.82. The summed E-state index contributed by atoms with van der Waals surface area (Å²) < 4.78 is 2.38. The molecule has 1 heterocycles. The first-order valence-electron chi connectivity index (χ1n) is 10.00. The standard InChI is InChI=1S/C27H20ClN/c1-27(2)22-11-7-6-10-21(22)25-23(27)15-14-20-19-13-12-17(28)16-24(19)29(26(20)25)18-8-4-3-5-9-18/h3-16H,1-2H3. The Kier molecular flexibility index (Phi) is 3.34. The van der Waals surface area contributed by atoms with Crippen LogP contribution in [0.1, 0.15) is 25.0 Å². The van der Waals surface area contributed by atoms with Gasteiger partial charge < -0.3 is 4.57 Å². The summed E-state index contributed by atoms with van der Waals surface area (Å²) in [7, 11) is 0. The van der Waals surface area contributed by atoms with Gasteiger partial charge in [0.25, 0.3) is 0 Å². The first-order chi connectivity index (χ1) is 14.1. The van der Waals surface area contributed by atoms with Gasteiger partial charge in [0, 0.05) is 32.5 Å². The van der Waals surface area contributed by atoms with E-state index in [0.717, 1.165) is 16.2 Å². The van der Waals surface area contributed by atoms with Gasteiger partial charge in [0.05, 0.1) is 11.0 Å². The Morgan fingerprint density at radius 3 is 2.28 bits per heavy atom. The number of para-hydroxylation sites is 1. The highest BCUT2D eigenvalue weighted by molar-refractivity contribution is 6.31. The van der Waals surface area contributed by atoms with E-state index in [1.54, 1.807) is 0 Å². The van der Waals surface area contributed by atoms with Gasteiger partial charge in [-0.3, -0.25) is 0 Å². The van der Waals surface area contributed by atoms with E-state index in [9.17, 15) is 0 Å². The highest BCUT2D eigenvalue weighted by atomic mass is 35.5. The van der Waals surface area contributed by atoms with E-state index in [4.69, 9.17) is 11.6 Å². The lowest BCUT2D eigenvalue weighted by atomic mass is 9.82. The molecule has 0 radical (unpaired) electrons. The van der Waals surface area contributed by atoms with Crippen LogP contribution in [0.3, 0.4) is 0 Å². The number of fused-ring (bicyclic) bond motifs is 7. The molecule has 1 aromatic heterocycles. The predicted octanol–water partition coefficient (Wildman–Crippen LogP) is 7.74. The number of halogens is 1. The number of rotatable bonds is 1. The van der Waals surface area contributed by atoms with Crippen LogP contribution in [0.5, 0.6) is 0 Å². The van der Waals surface area contributed by atoms with E-state index < -0.39 is 0 Å². The van der Waals surface area contributed by atoms with Crippen LogP contribution in [0.2, 0.25) is 5.02 Å². The monoisotopic (exact) mass is 393 g/mol. The molecule has 0 N–H and O–H groups in total. The summed E-state index contributed by atoms with van der Waals surface area (Å²) in [5, 5.41) is 3.26. The van der Waals surface area contributed by atoms with Crippen molar-refractivity contribution in [1.82, 2.24) is 4.57 Å². The molecule has 0 bridgehead atoms. The van der Waals surface area contributed by atoms with Gasteiger partial charge in [-0.15, -0.1) is 0 Å². The molecule has 2 heteroatoms. The molecule has 5 aromatic rings. The summed E-state index contributed by atoms with van der Waals surface area (Å²) in [5.74, 6) is 0. The van der Waals surface area contributed by atoms with Gasteiger partial charge in [0.1, 0.15) is 0 Å². The van der Waals surface area contributed by atoms with Crippen LogP contribution in [-0.2, 0) is 5.41 Å². The van der Waals surface area contributed by atoms with Crippen molar-refractivity contribution in [2.45, 2.75) is 19.3 Å². The Hall–Kier alpha value is -3.03. The van der Waals surface area contributed by atoms with Crippen LogP contribution < -0.4 is 0 Å². The first kappa shape index (κ1) is 16.9. The van der Waals surface area contributed by atoms with E-state index in [0.29, 0.717) is 0 Å². The molecule has 0 amide bonds. The minimum absolute atomic E-state index is 0.0181. The van der Waals surface area contributed by atoms with Crippen LogP contribution in [-0.4, -0.2) is 4.57 Å². The molecular formula is C27H20ClN. The average Bonchev–Trinajstić information content (AvgIpc) is 3.18. The van der Waals surface area contributed by atoms with Crippen molar-refractivity contribution in [3.8, 4) is 16.8 Å². The third kappa shape index (κ3) is 2.17. The van der Waals surface area contributed by atoms with Gasteiger partial charge in [-0.1, -0.05) is 86.1 Å². The normalized spacial score (nSPS) is 14.3. The number of aromatic nitrogens is 1. The van der Waals surface area contributed by atoms with Gasteiger partial charge in [-0.2, -0.15) is 0 Å². The number of hydrogen-bond acceptors (Lipinski definition) is 0. The fourth-order valence-corrected chi connectivity index (χ4v) is 5.28. The zero-order valence-corrected chi connectivity index (χ0v) is 17.2. The lowest BCUT2D eigenvalue weighted by molar-refractivity contribution is 0.661.